The predicted octanol–water partition coefficient (Wildman–Crippen LogP) is 1.15. The average Bonchev–Trinajstić information content (AvgIpc) is 2.97. The Balaban J connectivity index is 2.24. The van der Waals surface area contributed by atoms with Crippen molar-refractivity contribution in [3.8, 4) is 5.75 Å². The van der Waals surface area contributed by atoms with Crippen LogP contribution in [-0.2, 0) is 14.8 Å². The van der Waals surface area contributed by atoms with E-state index in [1.165, 1.54) is 11.4 Å². The number of benzene rings is 1. The molecular weight excluding hydrogens is 304 g/mol. The van der Waals surface area contributed by atoms with Crippen molar-refractivity contribution in [1.82, 2.24) is 9.62 Å². The molecule has 1 fully saturated rings. The number of methoxy groups -OCH3 is 1. The summed E-state index contributed by atoms with van der Waals surface area (Å²) in [4.78, 5) is 12.0. The minimum Gasteiger partial charge on any atom is -0.495 e. The zero-order chi connectivity index (χ0) is 16.3. The van der Waals surface area contributed by atoms with Gasteiger partial charge in [0.15, 0.2) is 0 Å². The van der Waals surface area contributed by atoms with Gasteiger partial charge >= 0.3 is 0 Å². The molecule has 1 unspecified atom stereocenters. The van der Waals surface area contributed by atoms with E-state index in [-0.39, 0.29) is 23.3 Å². The van der Waals surface area contributed by atoms with Crippen LogP contribution >= 0.6 is 0 Å². The number of carbonyl (C=O) groups excluding carboxylic acids is 1. The summed E-state index contributed by atoms with van der Waals surface area (Å²) in [6.07, 6.45) is 0.541. The smallest absolute Gasteiger partial charge is 0.246 e. The van der Waals surface area contributed by atoms with Gasteiger partial charge in [-0.3, -0.25) is 4.79 Å². The number of nitrogens with zero attached hydrogens (tertiary/aromatic N) is 1. The van der Waals surface area contributed by atoms with Gasteiger partial charge in [0.05, 0.1) is 13.0 Å². The first-order chi connectivity index (χ1) is 10.4. The fourth-order valence-corrected chi connectivity index (χ4v) is 4.24. The maximum absolute atomic E-state index is 12.8. The van der Waals surface area contributed by atoms with Gasteiger partial charge in [-0.15, -0.1) is 0 Å². The van der Waals surface area contributed by atoms with Crippen LogP contribution in [-0.4, -0.2) is 45.4 Å². The minimum absolute atomic E-state index is 0.0870. The van der Waals surface area contributed by atoms with E-state index in [2.05, 4.69) is 5.32 Å². The standard InChI is InChI=1S/C15H22N2O4S/c1-4-16-15(18)12-7-8-17(10-12)22(19,20)14-6-5-11(2)9-13(14)21-3/h5-6,9,12H,4,7-8,10H2,1-3H3,(H,16,18). The van der Waals surface area contributed by atoms with Crippen molar-refractivity contribution < 1.29 is 17.9 Å². The summed E-state index contributed by atoms with van der Waals surface area (Å²) in [5, 5.41) is 2.74. The summed E-state index contributed by atoms with van der Waals surface area (Å²) in [5.74, 6) is -0.0382. The van der Waals surface area contributed by atoms with Crippen LogP contribution in [0.5, 0.6) is 5.75 Å². The van der Waals surface area contributed by atoms with E-state index in [9.17, 15) is 13.2 Å². The molecule has 1 aromatic carbocycles. The van der Waals surface area contributed by atoms with Gasteiger partial charge in [-0.25, -0.2) is 8.42 Å². The first-order valence-electron chi connectivity index (χ1n) is 7.32. The van der Waals surface area contributed by atoms with E-state index in [1.807, 2.05) is 13.8 Å². The summed E-state index contributed by atoms with van der Waals surface area (Å²) < 4.78 is 32.1. The largest absolute Gasteiger partial charge is 0.495 e. The molecule has 1 N–H and O–H groups in total. The minimum atomic E-state index is -3.65. The van der Waals surface area contributed by atoms with Crippen molar-refractivity contribution in [2.45, 2.75) is 25.2 Å². The summed E-state index contributed by atoms with van der Waals surface area (Å²) in [7, 11) is -2.20. The molecule has 1 atom stereocenters. The number of amides is 1. The van der Waals surface area contributed by atoms with Crippen LogP contribution in [0.25, 0.3) is 0 Å². The molecule has 1 aliphatic rings. The lowest BCUT2D eigenvalue weighted by atomic mass is 10.1. The lowest BCUT2D eigenvalue weighted by Crippen LogP contribution is -2.34. The van der Waals surface area contributed by atoms with E-state index in [0.717, 1.165) is 5.56 Å². The monoisotopic (exact) mass is 326 g/mol. The van der Waals surface area contributed by atoms with Crippen LogP contribution in [0.1, 0.15) is 18.9 Å². The third kappa shape index (κ3) is 3.25. The highest BCUT2D eigenvalue weighted by atomic mass is 32.2. The maximum Gasteiger partial charge on any atom is 0.246 e. The number of ether oxygens (including phenoxy) is 1. The normalized spacial score (nSPS) is 19.1. The van der Waals surface area contributed by atoms with Crippen LogP contribution in [0, 0.1) is 12.8 Å². The average molecular weight is 326 g/mol. The van der Waals surface area contributed by atoms with Crippen molar-refractivity contribution in [2.24, 2.45) is 5.92 Å². The fourth-order valence-electron chi connectivity index (χ4n) is 2.61. The molecule has 22 heavy (non-hydrogen) atoms. The molecule has 1 heterocycles. The van der Waals surface area contributed by atoms with Crippen LogP contribution < -0.4 is 10.1 Å². The third-order valence-electron chi connectivity index (χ3n) is 3.81. The number of rotatable bonds is 5. The third-order valence-corrected chi connectivity index (χ3v) is 5.71. The molecule has 1 aromatic rings. The zero-order valence-corrected chi connectivity index (χ0v) is 13.9. The lowest BCUT2D eigenvalue weighted by molar-refractivity contribution is -0.124. The Kier molecular flexibility index (Phi) is 5.08. The molecule has 1 saturated heterocycles. The topological polar surface area (TPSA) is 75.7 Å². The Labute approximate surface area is 131 Å². The van der Waals surface area contributed by atoms with Gasteiger partial charge in [-0.05, 0) is 38.0 Å². The Morgan fingerprint density at radius 3 is 2.82 bits per heavy atom. The summed E-state index contributed by atoms with van der Waals surface area (Å²) in [6, 6.07) is 5.00. The van der Waals surface area contributed by atoms with E-state index < -0.39 is 10.0 Å². The van der Waals surface area contributed by atoms with E-state index >= 15 is 0 Å². The van der Waals surface area contributed by atoms with Crippen LogP contribution in [0.3, 0.4) is 0 Å². The van der Waals surface area contributed by atoms with Gasteiger partial charge in [-0.1, -0.05) is 6.07 Å². The van der Waals surface area contributed by atoms with Gasteiger partial charge < -0.3 is 10.1 Å². The number of sulfonamides is 1. The van der Waals surface area contributed by atoms with Crippen LogP contribution in [0.4, 0.5) is 0 Å². The van der Waals surface area contributed by atoms with Gasteiger partial charge in [0, 0.05) is 19.6 Å². The molecule has 0 aromatic heterocycles. The van der Waals surface area contributed by atoms with Crippen molar-refractivity contribution in [3.05, 3.63) is 23.8 Å². The van der Waals surface area contributed by atoms with Gasteiger partial charge in [-0.2, -0.15) is 4.31 Å². The number of nitrogens with one attached hydrogen (secondary N) is 1. The summed E-state index contributed by atoms with van der Waals surface area (Å²) >= 11 is 0. The molecule has 1 amide bonds. The second kappa shape index (κ2) is 6.66. The molecule has 7 heteroatoms. The highest BCUT2D eigenvalue weighted by Crippen LogP contribution is 2.31. The van der Waals surface area contributed by atoms with Crippen molar-refractivity contribution >= 4 is 15.9 Å². The van der Waals surface area contributed by atoms with Crippen LogP contribution in [0.15, 0.2) is 23.1 Å². The van der Waals surface area contributed by atoms with Crippen molar-refractivity contribution in [1.29, 1.82) is 0 Å². The first kappa shape index (κ1) is 16.8. The first-order valence-corrected chi connectivity index (χ1v) is 8.76. The Bertz CT molecular complexity index is 658. The molecule has 2 rings (SSSR count). The SMILES string of the molecule is CCNC(=O)C1CCN(S(=O)(=O)c2ccc(C)cc2OC)C1. The summed E-state index contributed by atoms with van der Waals surface area (Å²) in [6.45, 7) is 4.83. The van der Waals surface area contributed by atoms with E-state index in [1.54, 1.807) is 18.2 Å². The molecular formula is C15H22N2O4S. The van der Waals surface area contributed by atoms with E-state index in [0.29, 0.717) is 25.3 Å². The van der Waals surface area contributed by atoms with Crippen LogP contribution in [0.2, 0.25) is 0 Å². The van der Waals surface area contributed by atoms with Gasteiger partial charge in [0.1, 0.15) is 10.6 Å². The number of hydrogen-bond donors (Lipinski definition) is 1. The molecule has 122 valence electrons. The summed E-state index contributed by atoms with van der Waals surface area (Å²) in [5.41, 5.74) is 0.928. The molecule has 0 aliphatic carbocycles. The lowest BCUT2D eigenvalue weighted by Gasteiger charge is -2.18. The molecule has 0 radical (unpaired) electrons. The molecule has 1 aliphatic heterocycles. The van der Waals surface area contributed by atoms with Crippen molar-refractivity contribution in [2.75, 3.05) is 26.7 Å². The highest BCUT2D eigenvalue weighted by Gasteiger charge is 2.36. The number of carbonyl (C=O) groups is 1. The number of aryl methyl sites for hydroxylation is 1. The highest BCUT2D eigenvalue weighted by molar-refractivity contribution is 7.89. The Morgan fingerprint density at radius 2 is 2.18 bits per heavy atom. The fraction of sp³-hybridized carbons (Fsp3) is 0.533. The zero-order valence-electron chi connectivity index (χ0n) is 13.1. The molecule has 0 saturated carbocycles. The van der Waals surface area contributed by atoms with Gasteiger partial charge in [0.25, 0.3) is 0 Å². The quantitative estimate of drug-likeness (QED) is 0.881. The maximum atomic E-state index is 12.8. The molecule has 0 bridgehead atoms. The number of hydrogen-bond acceptors (Lipinski definition) is 4. The second-order valence-corrected chi connectivity index (χ2v) is 7.30. The van der Waals surface area contributed by atoms with Gasteiger partial charge in [0.2, 0.25) is 15.9 Å². The van der Waals surface area contributed by atoms with E-state index in [4.69, 9.17) is 4.74 Å². The molecule has 0 spiro atoms. The second-order valence-electron chi connectivity index (χ2n) is 5.40. The van der Waals surface area contributed by atoms with Crippen molar-refractivity contribution in [3.63, 3.8) is 0 Å². The Hall–Kier alpha value is -1.60. The Morgan fingerprint density at radius 1 is 1.45 bits per heavy atom. The molecule has 6 nitrogen and oxygen atoms in total. The predicted molar refractivity (Wildman–Crippen MR) is 83.3 cm³/mol.